The van der Waals surface area contributed by atoms with Crippen molar-refractivity contribution in [2.24, 2.45) is 5.73 Å². The van der Waals surface area contributed by atoms with Crippen LogP contribution in [0.5, 0.6) is 0 Å². The molecule has 0 spiro atoms. The van der Waals surface area contributed by atoms with E-state index < -0.39 is 5.54 Å². The molecule has 1 unspecified atom stereocenters. The molecule has 0 aliphatic carbocycles. The number of nitrogens with two attached hydrogens (primary N) is 1. The lowest BCUT2D eigenvalue weighted by Crippen LogP contribution is -2.45. The van der Waals surface area contributed by atoms with Gasteiger partial charge in [0.25, 0.3) is 0 Å². The lowest BCUT2D eigenvalue weighted by Gasteiger charge is -2.21. The summed E-state index contributed by atoms with van der Waals surface area (Å²) in [7, 11) is 0. The molecule has 86 valence electrons. The highest BCUT2D eigenvalue weighted by atomic mass is 16.3. The van der Waals surface area contributed by atoms with Crippen LogP contribution >= 0.6 is 0 Å². The second-order valence-corrected chi connectivity index (χ2v) is 4.12. The minimum Gasteiger partial charge on any atom is -0.394 e. The van der Waals surface area contributed by atoms with Crippen LogP contribution in [0.2, 0.25) is 0 Å². The minimum absolute atomic E-state index is 0.0581. The normalized spacial score (nSPS) is 15.3. The number of aliphatic hydroxyl groups excluding tert-OH is 1. The highest BCUT2D eigenvalue weighted by molar-refractivity contribution is 4.94. The van der Waals surface area contributed by atoms with E-state index in [-0.39, 0.29) is 6.61 Å². The van der Waals surface area contributed by atoms with Crippen LogP contribution in [0.3, 0.4) is 0 Å². The molecule has 1 atom stereocenters. The van der Waals surface area contributed by atoms with Crippen LogP contribution in [0.25, 0.3) is 0 Å². The highest BCUT2D eigenvalue weighted by Gasteiger charge is 2.20. The highest BCUT2D eigenvalue weighted by Crippen LogP contribution is 2.07. The molecule has 1 aromatic heterocycles. The molecular formula is C10H20N4O. The standard InChI is InChI=1S/C10H20N4O/c1-4-8-12-9(5-2)14(13-8)6-10(3,11)7-15/h15H,4-7,11H2,1-3H3. The Morgan fingerprint density at radius 3 is 2.53 bits per heavy atom. The largest absolute Gasteiger partial charge is 0.394 e. The van der Waals surface area contributed by atoms with Crippen molar-refractivity contribution < 1.29 is 5.11 Å². The molecule has 0 radical (unpaired) electrons. The molecule has 1 rings (SSSR count). The number of rotatable bonds is 5. The van der Waals surface area contributed by atoms with Gasteiger partial charge in [0, 0.05) is 12.8 Å². The zero-order valence-corrected chi connectivity index (χ0v) is 9.69. The van der Waals surface area contributed by atoms with Gasteiger partial charge in [-0.15, -0.1) is 0 Å². The summed E-state index contributed by atoms with van der Waals surface area (Å²) in [5, 5.41) is 13.4. The molecule has 0 aliphatic rings. The molecule has 15 heavy (non-hydrogen) atoms. The van der Waals surface area contributed by atoms with Crippen LogP contribution < -0.4 is 5.73 Å². The topological polar surface area (TPSA) is 77.0 Å². The Hall–Kier alpha value is -0.940. The van der Waals surface area contributed by atoms with Crippen molar-refractivity contribution in [3.8, 4) is 0 Å². The molecular weight excluding hydrogens is 192 g/mol. The molecule has 0 saturated carbocycles. The van der Waals surface area contributed by atoms with E-state index in [1.54, 1.807) is 11.6 Å². The molecule has 0 fully saturated rings. The molecule has 0 bridgehead atoms. The first-order valence-electron chi connectivity index (χ1n) is 5.34. The van der Waals surface area contributed by atoms with Gasteiger partial charge in [0.2, 0.25) is 0 Å². The Balaban J connectivity index is 2.88. The summed E-state index contributed by atoms with van der Waals surface area (Å²) in [4.78, 5) is 4.38. The predicted octanol–water partition coefficient (Wildman–Crippen LogP) is 0.113. The van der Waals surface area contributed by atoms with E-state index in [9.17, 15) is 0 Å². The Labute approximate surface area is 90.3 Å². The summed E-state index contributed by atoms with van der Waals surface area (Å²) in [5.74, 6) is 1.76. The van der Waals surface area contributed by atoms with Crippen molar-refractivity contribution in [3.05, 3.63) is 11.6 Å². The van der Waals surface area contributed by atoms with Gasteiger partial charge in [0.15, 0.2) is 5.82 Å². The summed E-state index contributed by atoms with van der Waals surface area (Å²) in [6, 6.07) is 0. The van der Waals surface area contributed by atoms with Gasteiger partial charge >= 0.3 is 0 Å². The van der Waals surface area contributed by atoms with E-state index >= 15 is 0 Å². The summed E-state index contributed by atoms with van der Waals surface area (Å²) in [6.07, 6.45) is 1.65. The van der Waals surface area contributed by atoms with E-state index in [0.717, 1.165) is 24.5 Å². The first kappa shape index (κ1) is 12.1. The zero-order valence-electron chi connectivity index (χ0n) is 9.69. The molecule has 0 aromatic carbocycles. The summed E-state index contributed by atoms with van der Waals surface area (Å²) >= 11 is 0. The van der Waals surface area contributed by atoms with E-state index in [2.05, 4.69) is 10.1 Å². The first-order valence-corrected chi connectivity index (χ1v) is 5.34. The second kappa shape index (κ2) is 4.72. The lowest BCUT2D eigenvalue weighted by molar-refractivity contribution is 0.186. The van der Waals surface area contributed by atoms with Crippen molar-refractivity contribution in [1.29, 1.82) is 0 Å². The van der Waals surface area contributed by atoms with Crippen molar-refractivity contribution in [3.63, 3.8) is 0 Å². The Kier molecular flexibility index (Phi) is 3.82. The fourth-order valence-electron chi connectivity index (χ4n) is 1.36. The van der Waals surface area contributed by atoms with E-state index in [1.807, 2.05) is 13.8 Å². The fourth-order valence-corrected chi connectivity index (χ4v) is 1.36. The Morgan fingerprint density at radius 1 is 1.40 bits per heavy atom. The van der Waals surface area contributed by atoms with Gasteiger partial charge in [-0.2, -0.15) is 5.10 Å². The fraction of sp³-hybridized carbons (Fsp3) is 0.800. The summed E-state index contributed by atoms with van der Waals surface area (Å²) in [5.41, 5.74) is 5.25. The summed E-state index contributed by atoms with van der Waals surface area (Å²) in [6.45, 7) is 6.30. The number of hydrogen-bond donors (Lipinski definition) is 2. The van der Waals surface area contributed by atoms with Crippen LogP contribution in [-0.2, 0) is 19.4 Å². The number of nitrogens with zero attached hydrogens (tertiary/aromatic N) is 3. The summed E-state index contributed by atoms with van der Waals surface area (Å²) < 4.78 is 1.80. The molecule has 1 aromatic rings. The van der Waals surface area contributed by atoms with E-state index in [1.165, 1.54) is 0 Å². The third kappa shape index (κ3) is 3.00. The van der Waals surface area contributed by atoms with Gasteiger partial charge < -0.3 is 10.8 Å². The molecule has 5 heteroatoms. The molecule has 0 amide bonds. The zero-order chi connectivity index (χ0) is 11.5. The maximum Gasteiger partial charge on any atom is 0.150 e. The molecule has 0 aliphatic heterocycles. The third-order valence-corrected chi connectivity index (χ3v) is 2.30. The second-order valence-electron chi connectivity index (χ2n) is 4.12. The van der Waals surface area contributed by atoms with Gasteiger partial charge in [-0.05, 0) is 6.92 Å². The average molecular weight is 212 g/mol. The van der Waals surface area contributed by atoms with Crippen LogP contribution in [0.15, 0.2) is 0 Å². The van der Waals surface area contributed by atoms with Gasteiger partial charge in [0.1, 0.15) is 5.82 Å². The Morgan fingerprint density at radius 2 is 2.07 bits per heavy atom. The van der Waals surface area contributed by atoms with Gasteiger partial charge in [-0.1, -0.05) is 13.8 Å². The monoisotopic (exact) mass is 212 g/mol. The van der Waals surface area contributed by atoms with Crippen molar-refractivity contribution in [2.45, 2.75) is 45.7 Å². The van der Waals surface area contributed by atoms with Gasteiger partial charge in [0.05, 0.1) is 18.7 Å². The van der Waals surface area contributed by atoms with Crippen molar-refractivity contribution >= 4 is 0 Å². The van der Waals surface area contributed by atoms with Crippen LogP contribution in [0.1, 0.15) is 32.4 Å². The minimum atomic E-state index is -0.636. The van der Waals surface area contributed by atoms with E-state index in [0.29, 0.717) is 6.54 Å². The van der Waals surface area contributed by atoms with Crippen LogP contribution in [-0.4, -0.2) is 32.0 Å². The van der Waals surface area contributed by atoms with Gasteiger partial charge in [-0.3, -0.25) is 0 Å². The smallest absolute Gasteiger partial charge is 0.150 e. The average Bonchev–Trinajstić information content (AvgIpc) is 2.59. The molecule has 1 heterocycles. The quantitative estimate of drug-likeness (QED) is 0.726. The first-order chi connectivity index (χ1) is 7.02. The van der Waals surface area contributed by atoms with Gasteiger partial charge in [-0.25, -0.2) is 9.67 Å². The number of aryl methyl sites for hydroxylation is 2. The third-order valence-electron chi connectivity index (χ3n) is 2.30. The lowest BCUT2D eigenvalue weighted by atomic mass is 10.1. The predicted molar refractivity (Wildman–Crippen MR) is 58.5 cm³/mol. The number of aliphatic hydroxyl groups is 1. The van der Waals surface area contributed by atoms with Crippen LogP contribution in [0.4, 0.5) is 0 Å². The van der Waals surface area contributed by atoms with Crippen molar-refractivity contribution in [1.82, 2.24) is 14.8 Å². The SMILES string of the molecule is CCc1nc(CC)n(CC(C)(N)CO)n1. The molecule has 3 N–H and O–H groups in total. The van der Waals surface area contributed by atoms with E-state index in [4.69, 9.17) is 10.8 Å². The number of hydrogen-bond acceptors (Lipinski definition) is 4. The number of aromatic nitrogens is 3. The van der Waals surface area contributed by atoms with Crippen molar-refractivity contribution in [2.75, 3.05) is 6.61 Å². The van der Waals surface area contributed by atoms with Crippen LogP contribution in [0, 0.1) is 0 Å². The molecule has 5 nitrogen and oxygen atoms in total. The Bertz CT molecular complexity index is 319. The maximum atomic E-state index is 9.10. The maximum absolute atomic E-state index is 9.10. The molecule has 0 saturated heterocycles.